The molecule has 76 valence electrons. The molecule has 0 N–H and O–H groups in total. The molecular weight excluding hydrogens is 164 g/mol. The Morgan fingerprint density at radius 3 is 2.46 bits per heavy atom. The van der Waals surface area contributed by atoms with E-state index in [0.717, 1.165) is 32.7 Å². The summed E-state index contributed by atoms with van der Waals surface area (Å²) in [6.07, 6.45) is 3.05. The number of rotatable bonds is 2. The summed E-state index contributed by atoms with van der Waals surface area (Å²) in [5.41, 5.74) is 0.343. The average molecular weight is 184 g/mol. The molecule has 3 heteroatoms. The van der Waals surface area contributed by atoms with Crippen molar-refractivity contribution in [2.24, 2.45) is 10.5 Å². The zero-order valence-corrected chi connectivity index (χ0v) is 8.92. The lowest BCUT2D eigenvalue weighted by Gasteiger charge is -2.24. The van der Waals surface area contributed by atoms with Crippen LogP contribution in [-0.2, 0) is 4.74 Å². The minimum atomic E-state index is 0.343. The Balaban J connectivity index is 2.22. The van der Waals surface area contributed by atoms with Gasteiger partial charge in [-0.15, -0.1) is 0 Å². The van der Waals surface area contributed by atoms with Crippen molar-refractivity contribution in [3.05, 3.63) is 0 Å². The average Bonchev–Trinajstić information content (AvgIpc) is 2.04. The maximum absolute atomic E-state index is 5.23. The Morgan fingerprint density at radius 1 is 1.31 bits per heavy atom. The highest BCUT2D eigenvalue weighted by molar-refractivity contribution is 5.57. The smallest absolute Gasteiger partial charge is 0.0659 e. The molecule has 1 aliphatic rings. The number of hydrogen-bond acceptors (Lipinski definition) is 3. The van der Waals surface area contributed by atoms with E-state index >= 15 is 0 Å². The zero-order valence-electron chi connectivity index (χ0n) is 8.92. The third kappa shape index (κ3) is 4.88. The van der Waals surface area contributed by atoms with Crippen LogP contribution in [0.1, 0.15) is 27.2 Å². The van der Waals surface area contributed by atoms with Gasteiger partial charge in [-0.05, 0) is 11.8 Å². The Labute approximate surface area is 80.8 Å². The van der Waals surface area contributed by atoms with Crippen LogP contribution in [0, 0.1) is 5.41 Å². The molecule has 0 aromatic heterocycles. The molecule has 0 radical (unpaired) electrons. The van der Waals surface area contributed by atoms with Crippen molar-refractivity contribution in [2.75, 3.05) is 26.3 Å². The molecule has 0 aromatic rings. The van der Waals surface area contributed by atoms with E-state index < -0.39 is 0 Å². The first-order chi connectivity index (χ1) is 6.08. The van der Waals surface area contributed by atoms with Gasteiger partial charge in [0.1, 0.15) is 0 Å². The first-order valence-corrected chi connectivity index (χ1v) is 4.93. The van der Waals surface area contributed by atoms with Crippen LogP contribution >= 0.6 is 0 Å². The molecule has 1 heterocycles. The molecular formula is C10H20N2O. The normalized spacial score (nSPS) is 19.8. The van der Waals surface area contributed by atoms with Crippen LogP contribution < -0.4 is 0 Å². The minimum Gasteiger partial charge on any atom is -0.378 e. The van der Waals surface area contributed by atoms with Gasteiger partial charge in [0.15, 0.2) is 0 Å². The lowest BCUT2D eigenvalue weighted by atomic mass is 9.93. The highest BCUT2D eigenvalue weighted by Gasteiger charge is 2.09. The first kappa shape index (κ1) is 10.5. The number of hydrogen-bond donors (Lipinski definition) is 0. The van der Waals surface area contributed by atoms with Crippen molar-refractivity contribution in [1.82, 2.24) is 5.01 Å². The summed E-state index contributed by atoms with van der Waals surface area (Å²) >= 11 is 0. The fourth-order valence-corrected chi connectivity index (χ4v) is 1.10. The molecule has 0 aromatic carbocycles. The van der Waals surface area contributed by atoms with E-state index in [9.17, 15) is 0 Å². The third-order valence-corrected chi connectivity index (χ3v) is 1.94. The molecule has 0 spiro atoms. The summed E-state index contributed by atoms with van der Waals surface area (Å²) < 4.78 is 5.23. The number of nitrogens with zero attached hydrogens (tertiary/aromatic N) is 2. The van der Waals surface area contributed by atoms with Gasteiger partial charge in [-0.1, -0.05) is 20.8 Å². The van der Waals surface area contributed by atoms with Crippen LogP contribution in [0.3, 0.4) is 0 Å². The van der Waals surface area contributed by atoms with Crippen LogP contribution in [0.15, 0.2) is 5.10 Å². The van der Waals surface area contributed by atoms with Gasteiger partial charge in [-0.3, -0.25) is 5.01 Å². The van der Waals surface area contributed by atoms with Crippen LogP contribution in [-0.4, -0.2) is 37.5 Å². The van der Waals surface area contributed by atoms with Gasteiger partial charge in [-0.2, -0.15) is 5.10 Å². The molecule has 1 aliphatic heterocycles. The summed E-state index contributed by atoms with van der Waals surface area (Å²) in [4.78, 5) is 0. The van der Waals surface area contributed by atoms with E-state index in [-0.39, 0.29) is 0 Å². The molecule has 1 fully saturated rings. The summed E-state index contributed by atoms with van der Waals surface area (Å²) in [6.45, 7) is 10.1. The molecule has 0 saturated carbocycles. The van der Waals surface area contributed by atoms with Crippen LogP contribution in [0.25, 0.3) is 0 Å². The highest BCUT2D eigenvalue weighted by Crippen LogP contribution is 2.16. The fraction of sp³-hybridized carbons (Fsp3) is 0.900. The molecule has 0 atom stereocenters. The standard InChI is InChI=1S/C10H20N2O/c1-10(2,3)4-5-11-12-6-8-13-9-7-12/h5H,4,6-9H2,1-3H3/b11-5+. The topological polar surface area (TPSA) is 24.8 Å². The number of hydrazone groups is 1. The van der Waals surface area contributed by atoms with E-state index in [1.807, 2.05) is 6.21 Å². The Kier molecular flexibility index (Phi) is 3.72. The Morgan fingerprint density at radius 2 is 1.92 bits per heavy atom. The summed E-state index contributed by atoms with van der Waals surface area (Å²) in [5, 5.41) is 6.48. The second kappa shape index (κ2) is 4.61. The largest absolute Gasteiger partial charge is 0.378 e. The van der Waals surface area contributed by atoms with Gasteiger partial charge >= 0.3 is 0 Å². The molecule has 0 aliphatic carbocycles. The Bertz CT molecular complexity index is 166. The quantitative estimate of drug-likeness (QED) is 0.611. The highest BCUT2D eigenvalue weighted by atomic mass is 16.5. The van der Waals surface area contributed by atoms with Gasteiger partial charge in [-0.25, -0.2) is 0 Å². The molecule has 0 unspecified atom stereocenters. The van der Waals surface area contributed by atoms with Crippen molar-refractivity contribution in [1.29, 1.82) is 0 Å². The van der Waals surface area contributed by atoms with Crippen molar-refractivity contribution in [3.8, 4) is 0 Å². The third-order valence-electron chi connectivity index (χ3n) is 1.94. The van der Waals surface area contributed by atoms with Crippen molar-refractivity contribution < 1.29 is 4.74 Å². The molecule has 1 rings (SSSR count). The first-order valence-electron chi connectivity index (χ1n) is 4.93. The van der Waals surface area contributed by atoms with Gasteiger partial charge in [0.25, 0.3) is 0 Å². The van der Waals surface area contributed by atoms with E-state index in [0.29, 0.717) is 5.41 Å². The van der Waals surface area contributed by atoms with Crippen molar-refractivity contribution in [2.45, 2.75) is 27.2 Å². The minimum absolute atomic E-state index is 0.343. The predicted molar refractivity (Wildman–Crippen MR) is 55.0 cm³/mol. The predicted octanol–water partition coefficient (Wildman–Crippen LogP) is 1.74. The van der Waals surface area contributed by atoms with E-state index in [1.165, 1.54) is 0 Å². The lowest BCUT2D eigenvalue weighted by molar-refractivity contribution is 0.0394. The van der Waals surface area contributed by atoms with E-state index in [2.05, 4.69) is 30.9 Å². The second-order valence-corrected chi connectivity index (χ2v) is 4.63. The summed E-state index contributed by atoms with van der Waals surface area (Å²) in [6, 6.07) is 0. The second-order valence-electron chi connectivity index (χ2n) is 4.63. The summed E-state index contributed by atoms with van der Waals surface area (Å²) in [5.74, 6) is 0. The molecule has 13 heavy (non-hydrogen) atoms. The Hall–Kier alpha value is -0.570. The monoisotopic (exact) mass is 184 g/mol. The van der Waals surface area contributed by atoms with Crippen LogP contribution in [0.5, 0.6) is 0 Å². The number of morpholine rings is 1. The maximum atomic E-state index is 5.23. The van der Waals surface area contributed by atoms with E-state index in [1.54, 1.807) is 0 Å². The molecule has 0 bridgehead atoms. The van der Waals surface area contributed by atoms with Crippen molar-refractivity contribution in [3.63, 3.8) is 0 Å². The maximum Gasteiger partial charge on any atom is 0.0659 e. The molecule has 0 amide bonds. The van der Waals surface area contributed by atoms with E-state index in [4.69, 9.17) is 4.74 Å². The van der Waals surface area contributed by atoms with Gasteiger partial charge in [0.05, 0.1) is 26.3 Å². The van der Waals surface area contributed by atoms with Crippen LogP contribution in [0.4, 0.5) is 0 Å². The zero-order chi connectivity index (χ0) is 9.73. The summed E-state index contributed by atoms with van der Waals surface area (Å²) in [7, 11) is 0. The SMILES string of the molecule is CC(C)(C)C/C=N/N1CCOCC1. The number of ether oxygens (including phenoxy) is 1. The lowest BCUT2D eigenvalue weighted by Crippen LogP contribution is -2.32. The van der Waals surface area contributed by atoms with Crippen molar-refractivity contribution >= 4 is 6.21 Å². The fourth-order valence-electron chi connectivity index (χ4n) is 1.10. The van der Waals surface area contributed by atoms with Gasteiger partial charge in [0.2, 0.25) is 0 Å². The van der Waals surface area contributed by atoms with Gasteiger partial charge < -0.3 is 4.74 Å². The van der Waals surface area contributed by atoms with Crippen LogP contribution in [0.2, 0.25) is 0 Å². The van der Waals surface area contributed by atoms with Gasteiger partial charge in [0, 0.05) is 6.21 Å². The molecule has 1 saturated heterocycles. The molecule has 3 nitrogen and oxygen atoms in total.